The lowest BCUT2D eigenvalue weighted by molar-refractivity contribution is -0.153. The van der Waals surface area contributed by atoms with Gasteiger partial charge in [0.2, 0.25) is 5.95 Å². The molecular formula is C28H27F2N5O2. The average molecular weight is 504 g/mol. The van der Waals surface area contributed by atoms with Crippen LogP contribution in [0.3, 0.4) is 0 Å². The molecule has 7 nitrogen and oxygen atoms in total. The summed E-state index contributed by atoms with van der Waals surface area (Å²) in [7, 11) is 1.73. The van der Waals surface area contributed by atoms with Crippen molar-refractivity contribution in [3.63, 3.8) is 0 Å². The average Bonchev–Trinajstić information content (AvgIpc) is 3.38. The van der Waals surface area contributed by atoms with Crippen LogP contribution in [-0.2, 0) is 16.6 Å². The topological polar surface area (TPSA) is 92.8 Å². The molecule has 3 aromatic rings. The smallest absolute Gasteiger partial charge is 0.332 e. The first kappa shape index (κ1) is 24.6. The molecular weight excluding hydrogens is 476 g/mol. The molecule has 1 aromatic carbocycles. The molecule has 1 aliphatic heterocycles. The highest BCUT2D eigenvalue weighted by Crippen LogP contribution is 2.55. The monoisotopic (exact) mass is 503 g/mol. The van der Waals surface area contributed by atoms with Crippen LogP contribution in [0, 0.1) is 29.1 Å². The van der Waals surface area contributed by atoms with Crippen molar-refractivity contribution in [3.8, 4) is 17.2 Å². The summed E-state index contributed by atoms with van der Waals surface area (Å²) in [5.74, 6) is -5.70. The quantitative estimate of drug-likeness (QED) is 0.489. The van der Waals surface area contributed by atoms with Gasteiger partial charge >= 0.3 is 5.97 Å². The van der Waals surface area contributed by atoms with Gasteiger partial charge in [0.05, 0.1) is 17.3 Å². The maximum Gasteiger partial charge on any atom is 0.332 e. The van der Waals surface area contributed by atoms with E-state index in [9.17, 15) is 10.1 Å². The van der Waals surface area contributed by atoms with E-state index in [-0.39, 0.29) is 0 Å². The Morgan fingerprint density at radius 1 is 1.22 bits per heavy atom. The van der Waals surface area contributed by atoms with Crippen LogP contribution in [0.2, 0.25) is 0 Å². The number of halogens is 2. The van der Waals surface area contributed by atoms with Gasteiger partial charge in [0, 0.05) is 55.0 Å². The van der Waals surface area contributed by atoms with Gasteiger partial charge < -0.3 is 14.6 Å². The Morgan fingerprint density at radius 2 is 2.00 bits per heavy atom. The number of nitriles is 1. The molecule has 2 fully saturated rings. The molecule has 2 aromatic heterocycles. The van der Waals surface area contributed by atoms with E-state index in [4.69, 9.17) is 4.74 Å². The summed E-state index contributed by atoms with van der Waals surface area (Å²) in [6.07, 6.45) is 7.09. The van der Waals surface area contributed by atoms with Gasteiger partial charge in [0.25, 0.3) is 5.92 Å². The Kier molecular flexibility index (Phi) is 6.06. The summed E-state index contributed by atoms with van der Waals surface area (Å²) >= 11 is 0. The fourth-order valence-corrected chi connectivity index (χ4v) is 5.70. The van der Waals surface area contributed by atoms with Crippen molar-refractivity contribution in [3.05, 3.63) is 72.3 Å². The van der Waals surface area contributed by atoms with Crippen molar-refractivity contribution in [1.82, 2.24) is 14.5 Å². The molecule has 1 saturated carbocycles. The van der Waals surface area contributed by atoms with Crippen LogP contribution in [0.1, 0.15) is 31.5 Å². The third-order valence-electron chi connectivity index (χ3n) is 7.69. The summed E-state index contributed by atoms with van der Waals surface area (Å²) in [4.78, 5) is 21.8. The van der Waals surface area contributed by atoms with Crippen molar-refractivity contribution in [2.45, 2.75) is 37.8 Å². The van der Waals surface area contributed by atoms with E-state index >= 15 is 8.78 Å². The Labute approximate surface area is 213 Å². The number of pyridine rings is 1. The van der Waals surface area contributed by atoms with E-state index in [1.807, 2.05) is 18.2 Å². The zero-order valence-electron chi connectivity index (χ0n) is 20.7. The number of nitrogens with one attached hydrogen (secondary N) is 1. The van der Waals surface area contributed by atoms with Crippen molar-refractivity contribution >= 4 is 18.0 Å². The molecule has 0 spiro atoms. The minimum absolute atomic E-state index is 0.332. The number of anilines is 1. The molecule has 37 heavy (non-hydrogen) atoms. The molecule has 5 rings (SSSR count). The lowest BCUT2D eigenvalue weighted by atomic mass is 9.60. The van der Waals surface area contributed by atoms with E-state index in [1.54, 1.807) is 67.5 Å². The standard InChI is InChI=1S/C28H27F2N5O2/c1-17-22(11-10-21-9-8-20(15-33-21)23-7-5-4-6-19(23)14-31)24-18(2)37-25(36)27(24,16-28(17,29)30)34-26-32-12-13-35(26)3/h4-13,15,17-18,22,24H,16H2,1-3H3,(H,32,34)/b11-10+/t17-,18+,22-,24-,27-/m0/s1. The van der Waals surface area contributed by atoms with Crippen LogP contribution in [0.4, 0.5) is 14.7 Å². The zero-order chi connectivity index (χ0) is 26.4. The van der Waals surface area contributed by atoms with Gasteiger partial charge in [-0.25, -0.2) is 18.6 Å². The van der Waals surface area contributed by atoms with Gasteiger partial charge in [0.1, 0.15) is 6.10 Å². The highest BCUT2D eigenvalue weighted by Gasteiger charge is 2.68. The fourth-order valence-electron chi connectivity index (χ4n) is 5.70. The van der Waals surface area contributed by atoms with Gasteiger partial charge in [-0.1, -0.05) is 37.3 Å². The third-order valence-corrected chi connectivity index (χ3v) is 7.69. The van der Waals surface area contributed by atoms with E-state index in [1.165, 1.54) is 6.92 Å². The first-order chi connectivity index (χ1) is 17.7. The number of nitrogens with zero attached hydrogens (tertiary/aromatic N) is 4. The first-order valence-electron chi connectivity index (χ1n) is 12.1. The number of hydrogen-bond acceptors (Lipinski definition) is 6. The SMILES string of the molecule is C[C@H]1OC(=O)[C@]2(Nc3nccn3C)CC(F)(F)[C@@H](C)[C@H](/C=C/c3ccc(-c4ccccc4C#N)cn3)[C@H]12. The van der Waals surface area contributed by atoms with Crippen LogP contribution < -0.4 is 5.32 Å². The number of benzene rings is 1. The fraction of sp³-hybridized carbons (Fsp3) is 0.357. The normalized spacial score (nSPS) is 28.5. The number of alkyl halides is 2. The summed E-state index contributed by atoms with van der Waals surface area (Å²) in [5, 5.41) is 12.4. The number of carbonyl (C=O) groups excluding carboxylic acids is 1. The number of ether oxygens (including phenoxy) is 1. The minimum Gasteiger partial charge on any atom is -0.460 e. The van der Waals surface area contributed by atoms with E-state index in [0.29, 0.717) is 17.2 Å². The number of esters is 1. The third kappa shape index (κ3) is 4.16. The van der Waals surface area contributed by atoms with E-state index in [2.05, 4.69) is 21.4 Å². The molecule has 0 bridgehead atoms. The van der Waals surface area contributed by atoms with Crippen LogP contribution in [0.15, 0.2) is 61.1 Å². The highest BCUT2D eigenvalue weighted by atomic mass is 19.3. The molecule has 2 aliphatic rings. The van der Waals surface area contributed by atoms with Crippen molar-refractivity contribution in [2.75, 3.05) is 5.32 Å². The van der Waals surface area contributed by atoms with Crippen LogP contribution in [0.5, 0.6) is 0 Å². The number of carbonyl (C=O) groups is 1. The first-order valence-corrected chi connectivity index (χ1v) is 12.1. The number of aromatic nitrogens is 3. The lowest BCUT2D eigenvalue weighted by Gasteiger charge is -2.48. The number of hydrogen-bond donors (Lipinski definition) is 1. The zero-order valence-corrected chi connectivity index (χ0v) is 20.7. The van der Waals surface area contributed by atoms with Crippen molar-refractivity contribution < 1.29 is 18.3 Å². The maximum absolute atomic E-state index is 15.4. The Morgan fingerprint density at radius 3 is 2.68 bits per heavy atom. The number of cyclic esters (lactones) is 1. The molecule has 190 valence electrons. The number of imidazole rings is 1. The molecule has 1 N–H and O–H groups in total. The van der Waals surface area contributed by atoms with E-state index in [0.717, 1.165) is 11.1 Å². The van der Waals surface area contributed by atoms with Crippen LogP contribution >= 0.6 is 0 Å². The molecule has 9 heteroatoms. The molecule has 3 heterocycles. The Hall–Kier alpha value is -4.06. The molecule has 1 saturated heterocycles. The predicted octanol–water partition coefficient (Wildman–Crippen LogP) is 5.07. The summed E-state index contributed by atoms with van der Waals surface area (Å²) < 4.78 is 38.1. The van der Waals surface area contributed by atoms with Crippen molar-refractivity contribution in [1.29, 1.82) is 5.26 Å². The van der Waals surface area contributed by atoms with Crippen LogP contribution in [-0.4, -0.2) is 38.1 Å². The second-order valence-electron chi connectivity index (χ2n) is 9.89. The largest absolute Gasteiger partial charge is 0.460 e. The molecule has 0 unspecified atom stereocenters. The van der Waals surface area contributed by atoms with Gasteiger partial charge in [-0.15, -0.1) is 0 Å². The van der Waals surface area contributed by atoms with Crippen LogP contribution in [0.25, 0.3) is 17.2 Å². The molecule has 1 aliphatic carbocycles. The highest BCUT2D eigenvalue weighted by molar-refractivity contribution is 5.87. The lowest BCUT2D eigenvalue weighted by Crippen LogP contribution is -2.62. The van der Waals surface area contributed by atoms with Gasteiger partial charge in [0.15, 0.2) is 5.54 Å². The number of aryl methyl sites for hydroxylation is 1. The Balaban J connectivity index is 1.48. The second-order valence-corrected chi connectivity index (χ2v) is 9.89. The predicted molar refractivity (Wildman–Crippen MR) is 134 cm³/mol. The molecule has 0 amide bonds. The number of rotatable bonds is 5. The number of allylic oxidation sites excluding steroid dienone is 1. The summed E-state index contributed by atoms with van der Waals surface area (Å²) in [5.41, 5.74) is 1.08. The molecule has 5 atom stereocenters. The minimum atomic E-state index is -3.12. The van der Waals surface area contributed by atoms with Gasteiger partial charge in [-0.05, 0) is 31.1 Å². The number of fused-ring (bicyclic) bond motifs is 1. The van der Waals surface area contributed by atoms with Crippen molar-refractivity contribution in [2.24, 2.45) is 24.8 Å². The second kappa shape index (κ2) is 9.11. The summed E-state index contributed by atoms with van der Waals surface area (Å²) in [6.45, 7) is 3.27. The Bertz CT molecular complexity index is 1390. The summed E-state index contributed by atoms with van der Waals surface area (Å²) in [6, 6.07) is 13.1. The van der Waals surface area contributed by atoms with Gasteiger partial charge in [-0.2, -0.15) is 5.26 Å². The van der Waals surface area contributed by atoms with E-state index < -0.39 is 47.7 Å². The molecule has 0 radical (unpaired) electrons. The maximum atomic E-state index is 15.4. The van der Waals surface area contributed by atoms with Gasteiger partial charge in [-0.3, -0.25) is 4.98 Å².